The first kappa shape index (κ1) is 23.6. The summed E-state index contributed by atoms with van der Waals surface area (Å²) >= 11 is 3.79. The normalized spacial score (nSPS) is 16.4. The monoisotopic (exact) mass is 432 g/mol. The predicted molar refractivity (Wildman–Crippen MR) is 95.0 cm³/mol. The first-order valence-electron chi connectivity index (χ1n) is 8.08. The molecule has 1 atom stereocenters. The van der Waals surface area contributed by atoms with Crippen molar-refractivity contribution in [1.82, 2.24) is 9.03 Å². The topological polar surface area (TPSA) is 69.6 Å². The summed E-state index contributed by atoms with van der Waals surface area (Å²) in [5, 5.41) is 8.94. The second-order valence-corrected chi connectivity index (χ2v) is 7.99. The number of hydrogen-bond acceptors (Lipinski definition) is 3. The van der Waals surface area contributed by atoms with Crippen LogP contribution in [0, 0.1) is 11.7 Å². The van der Waals surface area contributed by atoms with Gasteiger partial charge in [-0.1, -0.05) is 30.9 Å². The Balaban J connectivity index is 0.000000309. The molecule has 0 aliphatic heterocycles. The first-order chi connectivity index (χ1) is 12.4. The number of phenolic OH excluding ortho intramolecular Hbond substituents is 1. The van der Waals surface area contributed by atoms with E-state index in [0.29, 0.717) is 12.8 Å². The molecular weight excluding hydrogens is 412 g/mol. The fourth-order valence-corrected chi connectivity index (χ4v) is 2.98. The van der Waals surface area contributed by atoms with E-state index in [1.165, 1.54) is 18.4 Å². The summed E-state index contributed by atoms with van der Waals surface area (Å²) in [7, 11) is 2.97. The number of carbonyl (C=O) groups excluding carboxylic acids is 1. The van der Waals surface area contributed by atoms with Gasteiger partial charge >= 0.3 is 6.18 Å². The zero-order valence-corrected chi connectivity index (χ0v) is 16.3. The van der Waals surface area contributed by atoms with Crippen molar-refractivity contribution in [3.05, 3.63) is 28.5 Å². The molecule has 27 heavy (non-hydrogen) atoms. The summed E-state index contributed by atoms with van der Waals surface area (Å²) in [5.41, 5.74) is -0.386. The van der Waals surface area contributed by atoms with Gasteiger partial charge < -0.3 is 5.11 Å². The van der Waals surface area contributed by atoms with Crippen LogP contribution in [-0.4, -0.2) is 39.8 Å². The highest BCUT2D eigenvalue weighted by atomic mass is 35.5. The third kappa shape index (κ3) is 7.63. The standard InChI is InChI=1S/C9H10ClFN2O3S.C7H11F3/c1-13(2)17(16)12-9(15)5-3-6(10)8(14)4-7(5)11;8-7(9,10)6-4-2-1-3-5-6/h3-4,14H,1-2H3,(H,12,15);6H,1-5H2. The Morgan fingerprint density at radius 3 is 2.26 bits per heavy atom. The van der Waals surface area contributed by atoms with Crippen LogP contribution in [0.5, 0.6) is 5.75 Å². The minimum Gasteiger partial charge on any atom is -0.506 e. The Morgan fingerprint density at radius 2 is 1.81 bits per heavy atom. The molecule has 0 aromatic heterocycles. The molecule has 0 saturated heterocycles. The maximum atomic E-state index is 13.3. The molecule has 1 amide bonds. The lowest BCUT2D eigenvalue weighted by atomic mass is 9.89. The minimum absolute atomic E-state index is 0.160. The Bertz CT molecular complexity index is 680. The van der Waals surface area contributed by atoms with Crippen LogP contribution in [0.15, 0.2) is 12.1 Å². The number of hydrogen-bond donors (Lipinski definition) is 2. The fraction of sp³-hybridized carbons (Fsp3) is 0.562. The van der Waals surface area contributed by atoms with Crippen LogP contribution in [0.2, 0.25) is 5.02 Å². The van der Waals surface area contributed by atoms with Gasteiger partial charge in [0, 0.05) is 20.2 Å². The molecule has 1 aromatic carbocycles. The summed E-state index contributed by atoms with van der Waals surface area (Å²) in [5.74, 6) is -3.28. The second-order valence-electron chi connectivity index (χ2n) is 6.15. The summed E-state index contributed by atoms with van der Waals surface area (Å²) in [4.78, 5) is 11.5. The van der Waals surface area contributed by atoms with Crippen LogP contribution in [0.3, 0.4) is 0 Å². The SMILES string of the molecule is CN(C)S(=O)NC(=O)c1cc(Cl)c(O)cc1F.FC(F)(F)C1CCCCC1. The van der Waals surface area contributed by atoms with Crippen molar-refractivity contribution in [2.75, 3.05) is 14.1 Å². The fourth-order valence-electron chi connectivity index (χ4n) is 2.37. The van der Waals surface area contributed by atoms with Gasteiger partial charge in [-0.05, 0) is 18.9 Å². The van der Waals surface area contributed by atoms with E-state index in [1.54, 1.807) is 0 Å². The van der Waals surface area contributed by atoms with Crippen LogP contribution < -0.4 is 4.72 Å². The van der Waals surface area contributed by atoms with E-state index in [0.717, 1.165) is 31.4 Å². The van der Waals surface area contributed by atoms with Gasteiger partial charge in [-0.15, -0.1) is 0 Å². The maximum absolute atomic E-state index is 13.3. The molecule has 1 aromatic rings. The van der Waals surface area contributed by atoms with E-state index >= 15 is 0 Å². The number of nitrogens with one attached hydrogen (secondary N) is 1. The summed E-state index contributed by atoms with van der Waals surface area (Å²) < 4.78 is 63.8. The first-order valence-corrected chi connectivity index (χ1v) is 9.57. The molecule has 0 radical (unpaired) electrons. The van der Waals surface area contributed by atoms with Crippen molar-refractivity contribution < 1.29 is 31.7 Å². The van der Waals surface area contributed by atoms with Crippen LogP contribution in [0.25, 0.3) is 0 Å². The van der Waals surface area contributed by atoms with E-state index in [9.17, 15) is 26.6 Å². The number of phenols is 1. The number of benzene rings is 1. The van der Waals surface area contributed by atoms with Gasteiger partial charge in [-0.2, -0.15) is 13.2 Å². The number of alkyl halides is 3. The molecule has 11 heteroatoms. The summed E-state index contributed by atoms with van der Waals surface area (Å²) in [6.07, 6.45) is -0.742. The van der Waals surface area contributed by atoms with Crippen LogP contribution in [-0.2, 0) is 11.2 Å². The third-order valence-corrected chi connectivity index (χ3v) is 5.19. The molecule has 1 fully saturated rings. The van der Waals surface area contributed by atoms with Gasteiger partial charge in [-0.25, -0.2) is 12.9 Å². The molecule has 1 aliphatic carbocycles. The van der Waals surface area contributed by atoms with Crippen LogP contribution in [0.1, 0.15) is 42.5 Å². The Labute approximate surface area is 162 Å². The van der Waals surface area contributed by atoms with Gasteiger partial charge in [0.05, 0.1) is 16.5 Å². The zero-order valence-electron chi connectivity index (χ0n) is 14.8. The molecule has 5 nitrogen and oxygen atoms in total. The minimum atomic E-state index is -3.93. The van der Waals surface area contributed by atoms with Crippen molar-refractivity contribution in [3.63, 3.8) is 0 Å². The molecule has 2 rings (SSSR count). The Morgan fingerprint density at radius 1 is 1.26 bits per heavy atom. The average Bonchev–Trinajstić information content (AvgIpc) is 2.58. The van der Waals surface area contributed by atoms with E-state index in [2.05, 4.69) is 4.72 Å². The highest BCUT2D eigenvalue weighted by Crippen LogP contribution is 2.37. The highest BCUT2D eigenvalue weighted by Gasteiger charge is 2.39. The van der Waals surface area contributed by atoms with Crippen molar-refractivity contribution in [3.8, 4) is 5.75 Å². The van der Waals surface area contributed by atoms with Gasteiger partial charge in [-0.3, -0.25) is 9.52 Å². The van der Waals surface area contributed by atoms with E-state index < -0.39 is 40.7 Å². The molecule has 1 saturated carbocycles. The number of carbonyl (C=O) groups is 1. The lowest BCUT2D eigenvalue weighted by Crippen LogP contribution is -2.34. The molecule has 1 unspecified atom stereocenters. The molecule has 0 heterocycles. The van der Waals surface area contributed by atoms with E-state index in [1.807, 2.05) is 0 Å². The lowest BCUT2D eigenvalue weighted by molar-refractivity contribution is -0.181. The quantitative estimate of drug-likeness (QED) is 0.704. The number of aromatic hydroxyl groups is 1. The number of nitrogens with zero attached hydrogens (tertiary/aromatic N) is 1. The zero-order chi connectivity index (χ0) is 20.8. The molecule has 1 aliphatic rings. The van der Waals surface area contributed by atoms with Gasteiger partial charge in [0.2, 0.25) is 0 Å². The van der Waals surface area contributed by atoms with Crippen LogP contribution in [0.4, 0.5) is 17.6 Å². The molecule has 0 spiro atoms. The van der Waals surface area contributed by atoms with Gasteiger partial charge in [0.25, 0.3) is 5.91 Å². The maximum Gasteiger partial charge on any atom is 0.391 e. The van der Waals surface area contributed by atoms with E-state index in [4.69, 9.17) is 16.7 Å². The summed E-state index contributed by atoms with van der Waals surface area (Å²) in [6, 6.07) is 1.68. The Hall–Kier alpha value is -1.39. The number of halogens is 5. The highest BCUT2D eigenvalue weighted by molar-refractivity contribution is 7.81. The number of amides is 1. The third-order valence-electron chi connectivity index (χ3n) is 3.86. The molecule has 154 valence electrons. The van der Waals surface area contributed by atoms with E-state index in [-0.39, 0.29) is 10.6 Å². The van der Waals surface area contributed by atoms with Crippen molar-refractivity contribution in [1.29, 1.82) is 0 Å². The largest absolute Gasteiger partial charge is 0.506 e. The van der Waals surface area contributed by atoms with Crippen molar-refractivity contribution in [2.24, 2.45) is 5.92 Å². The van der Waals surface area contributed by atoms with Crippen LogP contribution >= 0.6 is 11.6 Å². The lowest BCUT2D eigenvalue weighted by Gasteiger charge is -2.23. The van der Waals surface area contributed by atoms with Gasteiger partial charge in [0.1, 0.15) is 11.6 Å². The molecule has 0 bridgehead atoms. The smallest absolute Gasteiger partial charge is 0.391 e. The second kappa shape index (κ2) is 10.2. The van der Waals surface area contributed by atoms with Crippen molar-refractivity contribution in [2.45, 2.75) is 38.3 Å². The van der Waals surface area contributed by atoms with Crippen molar-refractivity contribution >= 4 is 28.7 Å². The van der Waals surface area contributed by atoms with Gasteiger partial charge in [0.15, 0.2) is 11.2 Å². The summed E-state index contributed by atoms with van der Waals surface area (Å²) in [6.45, 7) is 0. The molecular formula is C16H21ClF4N2O3S. The molecule has 2 N–H and O–H groups in total. The average molecular weight is 433 g/mol. The Kier molecular flexibility index (Phi) is 8.97. The number of rotatable bonds is 3. The predicted octanol–water partition coefficient (Wildman–Crippen LogP) is 4.18.